The molecule has 1 saturated heterocycles. The fourth-order valence-corrected chi connectivity index (χ4v) is 4.41. The summed E-state index contributed by atoms with van der Waals surface area (Å²) in [6, 6.07) is 11.6. The van der Waals surface area contributed by atoms with E-state index >= 15 is 0 Å². The highest BCUT2D eigenvalue weighted by atomic mass is 32.2. The van der Waals surface area contributed by atoms with Gasteiger partial charge in [0.1, 0.15) is 5.82 Å². The highest BCUT2D eigenvalue weighted by Crippen LogP contribution is 2.34. The van der Waals surface area contributed by atoms with Crippen molar-refractivity contribution in [3.63, 3.8) is 0 Å². The Bertz CT molecular complexity index is 842. The Morgan fingerprint density at radius 2 is 1.63 bits per heavy atom. The van der Waals surface area contributed by atoms with Crippen molar-refractivity contribution in [1.29, 1.82) is 0 Å². The van der Waals surface area contributed by atoms with E-state index in [9.17, 15) is 17.6 Å². The van der Waals surface area contributed by atoms with E-state index < -0.39 is 11.9 Å². The van der Waals surface area contributed by atoms with Gasteiger partial charge in [0.05, 0.1) is 11.4 Å². The van der Waals surface area contributed by atoms with Crippen LogP contribution in [0.2, 0.25) is 0 Å². The second-order valence-corrected chi connectivity index (χ2v) is 9.15. The third kappa shape index (κ3) is 6.14. The molecule has 1 heterocycles. The molecule has 0 N–H and O–H groups in total. The van der Waals surface area contributed by atoms with E-state index in [-0.39, 0.29) is 5.82 Å². The van der Waals surface area contributed by atoms with Crippen LogP contribution >= 0.6 is 11.8 Å². The zero-order chi connectivity index (χ0) is 21.9. The van der Waals surface area contributed by atoms with Gasteiger partial charge in [-0.1, -0.05) is 38.1 Å². The van der Waals surface area contributed by atoms with Crippen LogP contribution in [0, 0.1) is 12.7 Å². The van der Waals surface area contributed by atoms with Crippen LogP contribution in [0.25, 0.3) is 0 Å². The number of hydrogen-bond donors (Lipinski definition) is 0. The van der Waals surface area contributed by atoms with Crippen molar-refractivity contribution in [1.82, 2.24) is 4.90 Å². The first-order valence-electron chi connectivity index (χ1n) is 10.2. The molecule has 7 heteroatoms. The molecule has 0 aliphatic carbocycles. The fraction of sp³-hybridized carbons (Fsp3) is 0.478. The van der Waals surface area contributed by atoms with Gasteiger partial charge in [0.2, 0.25) is 0 Å². The predicted molar refractivity (Wildman–Crippen MR) is 116 cm³/mol. The molecule has 1 aliphatic rings. The van der Waals surface area contributed by atoms with Gasteiger partial charge < -0.3 is 4.90 Å². The van der Waals surface area contributed by atoms with Crippen molar-refractivity contribution in [2.45, 2.75) is 44.3 Å². The van der Waals surface area contributed by atoms with E-state index in [0.717, 1.165) is 31.4 Å². The lowest BCUT2D eigenvalue weighted by molar-refractivity contribution is -0.105. The molecule has 164 valence electrons. The summed E-state index contributed by atoms with van der Waals surface area (Å²) >= 11 is 0.717. The Labute approximate surface area is 180 Å². The summed E-state index contributed by atoms with van der Waals surface area (Å²) in [5.74, 6) is -0.838. The molecule has 2 nitrogen and oxygen atoms in total. The summed E-state index contributed by atoms with van der Waals surface area (Å²) in [5, 5.41) is 0. The minimum Gasteiger partial charge on any atom is -0.367 e. The Hall–Kier alpha value is -1.73. The fourth-order valence-electron chi connectivity index (χ4n) is 3.61. The van der Waals surface area contributed by atoms with Gasteiger partial charge in [-0.2, -0.15) is 13.2 Å². The number of benzene rings is 2. The van der Waals surface area contributed by atoms with Gasteiger partial charge in [0.15, 0.2) is 0 Å². The van der Waals surface area contributed by atoms with Crippen molar-refractivity contribution in [3.05, 3.63) is 58.9 Å². The third-order valence-corrected chi connectivity index (χ3v) is 6.62. The Morgan fingerprint density at radius 3 is 2.20 bits per heavy atom. The normalized spacial score (nSPS) is 15.8. The zero-order valence-electron chi connectivity index (χ0n) is 17.6. The van der Waals surface area contributed by atoms with E-state index in [0.29, 0.717) is 35.2 Å². The Kier molecular flexibility index (Phi) is 7.34. The second-order valence-electron chi connectivity index (χ2n) is 8.13. The summed E-state index contributed by atoms with van der Waals surface area (Å²) in [5.41, 5.74) is 3.50. The molecule has 0 atom stereocenters. The maximum atomic E-state index is 14.5. The molecule has 0 bridgehead atoms. The Morgan fingerprint density at radius 1 is 1.00 bits per heavy atom. The van der Waals surface area contributed by atoms with Crippen LogP contribution in [0.15, 0.2) is 41.3 Å². The van der Waals surface area contributed by atoms with Crippen molar-refractivity contribution in [2.24, 2.45) is 0 Å². The van der Waals surface area contributed by atoms with Crippen molar-refractivity contribution in [2.75, 3.05) is 36.8 Å². The number of anilines is 1. The van der Waals surface area contributed by atoms with E-state index in [2.05, 4.69) is 43.0 Å². The molecular formula is C23H28F4N2S. The van der Waals surface area contributed by atoms with Gasteiger partial charge in [-0.15, -0.1) is 11.8 Å². The summed E-state index contributed by atoms with van der Waals surface area (Å²) in [6.45, 7) is 9.69. The first kappa shape index (κ1) is 22.9. The average Bonchev–Trinajstić information content (AvgIpc) is 2.68. The molecule has 30 heavy (non-hydrogen) atoms. The van der Waals surface area contributed by atoms with E-state index in [4.69, 9.17) is 0 Å². The lowest BCUT2D eigenvalue weighted by Crippen LogP contribution is -2.46. The molecule has 0 amide bonds. The number of rotatable bonds is 6. The van der Waals surface area contributed by atoms with E-state index in [1.165, 1.54) is 17.2 Å². The van der Waals surface area contributed by atoms with E-state index in [1.807, 2.05) is 4.90 Å². The summed E-state index contributed by atoms with van der Waals surface area (Å²) < 4.78 is 52.3. The second kappa shape index (κ2) is 9.60. The summed E-state index contributed by atoms with van der Waals surface area (Å²) in [7, 11) is 0. The van der Waals surface area contributed by atoms with Crippen LogP contribution in [0.4, 0.5) is 23.2 Å². The van der Waals surface area contributed by atoms with Gasteiger partial charge in [0, 0.05) is 37.6 Å². The van der Waals surface area contributed by atoms with Crippen LogP contribution in [0.5, 0.6) is 0 Å². The number of thioether (sulfide) groups is 1. The number of alkyl halides is 3. The van der Waals surface area contributed by atoms with Crippen LogP contribution in [-0.2, 0) is 6.54 Å². The SMILES string of the molecule is Cc1cc(F)c(N2CCN(Cc3ccc(C(C)C)cc3)CC2)cc1SCC(F)(F)F. The molecule has 0 saturated carbocycles. The molecule has 0 unspecified atom stereocenters. The van der Waals surface area contributed by atoms with E-state index in [1.54, 1.807) is 13.0 Å². The minimum absolute atomic E-state index is 0.374. The first-order chi connectivity index (χ1) is 14.1. The van der Waals surface area contributed by atoms with Crippen molar-refractivity contribution >= 4 is 17.4 Å². The molecule has 3 rings (SSSR count). The predicted octanol–water partition coefficient (Wildman–Crippen LogP) is 6.23. The van der Waals surface area contributed by atoms with Crippen LogP contribution in [-0.4, -0.2) is 43.0 Å². The van der Waals surface area contributed by atoms with Crippen LogP contribution in [0.1, 0.15) is 36.5 Å². The van der Waals surface area contributed by atoms with Gasteiger partial charge in [0.25, 0.3) is 0 Å². The lowest BCUT2D eigenvalue weighted by atomic mass is 10.0. The zero-order valence-corrected chi connectivity index (χ0v) is 18.4. The first-order valence-corrected chi connectivity index (χ1v) is 11.2. The van der Waals surface area contributed by atoms with Crippen molar-refractivity contribution < 1.29 is 17.6 Å². The molecule has 2 aromatic carbocycles. The smallest absolute Gasteiger partial charge is 0.367 e. The topological polar surface area (TPSA) is 6.48 Å². The van der Waals surface area contributed by atoms with Crippen LogP contribution in [0.3, 0.4) is 0 Å². The van der Waals surface area contributed by atoms with Gasteiger partial charge >= 0.3 is 6.18 Å². The average molecular weight is 441 g/mol. The highest BCUT2D eigenvalue weighted by molar-refractivity contribution is 7.99. The minimum atomic E-state index is -4.25. The number of aryl methyl sites for hydroxylation is 1. The highest BCUT2D eigenvalue weighted by Gasteiger charge is 2.28. The third-order valence-electron chi connectivity index (χ3n) is 5.40. The van der Waals surface area contributed by atoms with Gasteiger partial charge in [-0.3, -0.25) is 4.90 Å². The monoisotopic (exact) mass is 440 g/mol. The van der Waals surface area contributed by atoms with Gasteiger partial charge in [-0.25, -0.2) is 4.39 Å². The Balaban J connectivity index is 1.61. The maximum Gasteiger partial charge on any atom is 0.398 e. The molecule has 0 aromatic heterocycles. The molecule has 0 spiro atoms. The summed E-state index contributed by atoms with van der Waals surface area (Å²) in [6.07, 6.45) is -4.25. The largest absolute Gasteiger partial charge is 0.398 e. The maximum absolute atomic E-state index is 14.5. The number of piperazine rings is 1. The summed E-state index contributed by atoms with van der Waals surface area (Å²) in [4.78, 5) is 4.74. The quantitative estimate of drug-likeness (QED) is 0.388. The van der Waals surface area contributed by atoms with Crippen LogP contribution < -0.4 is 4.90 Å². The molecule has 0 radical (unpaired) electrons. The molecular weight excluding hydrogens is 412 g/mol. The lowest BCUT2D eigenvalue weighted by Gasteiger charge is -2.36. The number of nitrogens with zero attached hydrogens (tertiary/aromatic N) is 2. The standard InChI is InChI=1S/C23H28F4N2S/c1-16(2)19-6-4-18(5-7-19)14-28-8-10-29(11-9-28)21-13-22(17(3)12-20(21)24)30-15-23(25,26)27/h4-7,12-13,16H,8-11,14-15H2,1-3H3. The van der Waals surface area contributed by atoms with Gasteiger partial charge in [-0.05, 0) is 41.7 Å². The number of halogens is 4. The van der Waals surface area contributed by atoms with Crippen molar-refractivity contribution in [3.8, 4) is 0 Å². The molecule has 1 aliphatic heterocycles. The molecule has 1 fully saturated rings. The molecule has 2 aromatic rings. The number of hydrogen-bond acceptors (Lipinski definition) is 3.